The molecule has 0 heterocycles. The number of amides is 1. The molecule has 0 bridgehead atoms. The minimum absolute atomic E-state index is 0.132. The molecule has 0 unspecified atom stereocenters. The van der Waals surface area contributed by atoms with Gasteiger partial charge in [0.05, 0.1) is 0 Å². The van der Waals surface area contributed by atoms with Crippen molar-refractivity contribution in [2.75, 3.05) is 19.3 Å². The van der Waals surface area contributed by atoms with Crippen LogP contribution in [0.2, 0.25) is 0 Å². The van der Waals surface area contributed by atoms with Gasteiger partial charge in [-0.1, -0.05) is 12.1 Å². The summed E-state index contributed by atoms with van der Waals surface area (Å²) in [5.74, 6) is 1.09. The van der Waals surface area contributed by atoms with Crippen LogP contribution in [0.15, 0.2) is 24.3 Å². The van der Waals surface area contributed by atoms with Crippen LogP contribution in [0.5, 0.6) is 0 Å². The first-order chi connectivity index (χ1) is 7.72. The number of carbonyl (C=O) groups excluding carboxylic acids is 1. The predicted molar refractivity (Wildman–Crippen MR) is 70.9 cm³/mol. The summed E-state index contributed by atoms with van der Waals surface area (Å²) in [6.07, 6.45) is 2.07. The normalized spacial score (nSPS) is 10.2. The Hall–Kier alpha value is -0.960. The van der Waals surface area contributed by atoms with E-state index >= 15 is 0 Å². The van der Waals surface area contributed by atoms with Gasteiger partial charge >= 0.3 is 0 Å². The number of nitrogens with zero attached hydrogens (tertiary/aromatic N) is 1. The average molecular weight is 237 g/mol. The lowest BCUT2D eigenvalue weighted by atomic mass is 10.1. The van der Waals surface area contributed by atoms with Crippen LogP contribution in [0.1, 0.15) is 29.8 Å². The van der Waals surface area contributed by atoms with Crippen molar-refractivity contribution in [1.29, 1.82) is 0 Å². The molecule has 1 rings (SSSR count). The Balaban J connectivity index is 2.86. The fourth-order valence-corrected chi connectivity index (χ4v) is 2.17. The molecule has 3 heteroatoms. The van der Waals surface area contributed by atoms with Crippen molar-refractivity contribution in [3.05, 3.63) is 35.4 Å². The number of rotatable bonds is 5. The summed E-state index contributed by atoms with van der Waals surface area (Å²) in [5.41, 5.74) is 2.01. The summed E-state index contributed by atoms with van der Waals surface area (Å²) in [5, 5.41) is 0. The van der Waals surface area contributed by atoms with Gasteiger partial charge in [0.2, 0.25) is 0 Å². The van der Waals surface area contributed by atoms with Gasteiger partial charge in [-0.05, 0) is 37.8 Å². The minimum atomic E-state index is 0.132. The smallest absolute Gasteiger partial charge is 0.253 e. The highest BCUT2D eigenvalue weighted by atomic mass is 32.2. The van der Waals surface area contributed by atoms with Gasteiger partial charge in [0, 0.05) is 24.4 Å². The monoisotopic (exact) mass is 237 g/mol. The number of hydrogen-bond acceptors (Lipinski definition) is 2. The number of benzene rings is 1. The zero-order chi connectivity index (χ0) is 12.0. The van der Waals surface area contributed by atoms with E-state index in [1.54, 1.807) is 11.8 Å². The molecule has 0 aliphatic rings. The molecule has 0 saturated heterocycles. The summed E-state index contributed by atoms with van der Waals surface area (Å²) >= 11 is 1.77. The summed E-state index contributed by atoms with van der Waals surface area (Å²) in [4.78, 5) is 13.9. The van der Waals surface area contributed by atoms with Crippen LogP contribution in [0.25, 0.3) is 0 Å². The number of carbonyl (C=O) groups is 1. The molecule has 0 aliphatic carbocycles. The topological polar surface area (TPSA) is 20.3 Å². The first-order valence-electron chi connectivity index (χ1n) is 5.60. The Bertz CT molecular complexity index is 348. The standard InChI is InChI=1S/C13H19NOS/c1-4-14(5-2)13(15)12-8-6-7-11(9-12)10-16-3/h6-9H,4-5,10H2,1-3H3. The summed E-state index contributed by atoms with van der Waals surface area (Å²) in [7, 11) is 0. The van der Waals surface area contributed by atoms with Crippen molar-refractivity contribution in [3.63, 3.8) is 0 Å². The summed E-state index contributed by atoms with van der Waals surface area (Å²) < 4.78 is 0. The molecule has 2 nitrogen and oxygen atoms in total. The lowest BCUT2D eigenvalue weighted by molar-refractivity contribution is 0.0773. The van der Waals surface area contributed by atoms with Gasteiger partial charge in [0.25, 0.3) is 5.91 Å². The van der Waals surface area contributed by atoms with Crippen LogP contribution in [0, 0.1) is 0 Å². The van der Waals surface area contributed by atoms with Gasteiger partial charge in [-0.25, -0.2) is 0 Å². The molecule has 1 aromatic carbocycles. The van der Waals surface area contributed by atoms with Gasteiger partial charge < -0.3 is 4.90 Å². The van der Waals surface area contributed by atoms with E-state index in [9.17, 15) is 4.79 Å². The molecule has 0 aliphatic heterocycles. The second kappa shape index (κ2) is 6.59. The van der Waals surface area contributed by atoms with E-state index in [1.807, 2.05) is 36.9 Å². The third-order valence-electron chi connectivity index (χ3n) is 2.54. The first kappa shape index (κ1) is 13.1. The van der Waals surface area contributed by atoms with Crippen molar-refractivity contribution in [1.82, 2.24) is 4.90 Å². The molecule has 0 N–H and O–H groups in total. The molecule has 0 aromatic heterocycles. The molecular weight excluding hydrogens is 218 g/mol. The molecule has 0 saturated carbocycles. The Morgan fingerprint density at radius 2 is 2.00 bits per heavy atom. The van der Waals surface area contributed by atoms with E-state index in [1.165, 1.54) is 5.56 Å². The molecule has 16 heavy (non-hydrogen) atoms. The van der Waals surface area contributed by atoms with E-state index in [0.717, 1.165) is 24.4 Å². The van der Waals surface area contributed by atoms with Gasteiger partial charge in [0.1, 0.15) is 0 Å². The Morgan fingerprint density at radius 3 is 2.56 bits per heavy atom. The van der Waals surface area contributed by atoms with Gasteiger partial charge in [-0.2, -0.15) is 11.8 Å². The summed E-state index contributed by atoms with van der Waals surface area (Å²) in [6, 6.07) is 7.92. The molecule has 0 spiro atoms. The molecule has 1 aromatic rings. The van der Waals surface area contributed by atoms with Crippen molar-refractivity contribution in [3.8, 4) is 0 Å². The molecule has 0 fully saturated rings. The minimum Gasteiger partial charge on any atom is -0.339 e. The van der Waals surface area contributed by atoms with Crippen molar-refractivity contribution < 1.29 is 4.79 Å². The largest absolute Gasteiger partial charge is 0.339 e. The SMILES string of the molecule is CCN(CC)C(=O)c1cccc(CSC)c1. The van der Waals surface area contributed by atoms with E-state index in [0.29, 0.717) is 0 Å². The third kappa shape index (κ3) is 3.27. The maximum absolute atomic E-state index is 12.1. The van der Waals surface area contributed by atoms with Crippen LogP contribution in [0.4, 0.5) is 0 Å². The molecular formula is C13H19NOS. The Labute approximate surface area is 102 Å². The zero-order valence-corrected chi connectivity index (χ0v) is 11.0. The van der Waals surface area contributed by atoms with Crippen molar-refractivity contribution in [2.45, 2.75) is 19.6 Å². The zero-order valence-electron chi connectivity index (χ0n) is 10.2. The van der Waals surface area contributed by atoms with E-state index < -0.39 is 0 Å². The molecule has 0 radical (unpaired) electrons. The lowest BCUT2D eigenvalue weighted by Crippen LogP contribution is -2.30. The van der Waals surface area contributed by atoms with Crippen LogP contribution in [0.3, 0.4) is 0 Å². The number of hydrogen-bond donors (Lipinski definition) is 0. The van der Waals surface area contributed by atoms with Gasteiger partial charge in [0.15, 0.2) is 0 Å². The van der Waals surface area contributed by atoms with Gasteiger partial charge in [-0.15, -0.1) is 0 Å². The van der Waals surface area contributed by atoms with Crippen molar-refractivity contribution >= 4 is 17.7 Å². The van der Waals surface area contributed by atoms with Crippen molar-refractivity contribution in [2.24, 2.45) is 0 Å². The van der Waals surface area contributed by atoms with E-state index in [-0.39, 0.29) is 5.91 Å². The maximum Gasteiger partial charge on any atom is 0.253 e. The predicted octanol–water partition coefficient (Wildman–Crippen LogP) is 3.03. The van der Waals surface area contributed by atoms with E-state index in [2.05, 4.69) is 12.3 Å². The average Bonchev–Trinajstić information content (AvgIpc) is 2.31. The molecule has 88 valence electrons. The Morgan fingerprint density at radius 1 is 1.31 bits per heavy atom. The molecule has 1 amide bonds. The quantitative estimate of drug-likeness (QED) is 0.784. The highest BCUT2D eigenvalue weighted by Gasteiger charge is 2.12. The van der Waals surface area contributed by atoms with Crippen LogP contribution < -0.4 is 0 Å². The van der Waals surface area contributed by atoms with Crippen LogP contribution >= 0.6 is 11.8 Å². The third-order valence-corrected chi connectivity index (χ3v) is 3.16. The highest BCUT2D eigenvalue weighted by molar-refractivity contribution is 7.97. The van der Waals surface area contributed by atoms with E-state index in [4.69, 9.17) is 0 Å². The Kier molecular flexibility index (Phi) is 5.39. The first-order valence-corrected chi connectivity index (χ1v) is 6.99. The lowest BCUT2D eigenvalue weighted by Gasteiger charge is -2.18. The summed E-state index contributed by atoms with van der Waals surface area (Å²) in [6.45, 7) is 5.55. The van der Waals surface area contributed by atoms with Crippen LogP contribution in [-0.2, 0) is 5.75 Å². The second-order valence-corrected chi connectivity index (χ2v) is 4.48. The fourth-order valence-electron chi connectivity index (χ4n) is 1.65. The molecule has 0 atom stereocenters. The highest BCUT2D eigenvalue weighted by Crippen LogP contribution is 2.13. The second-order valence-electron chi connectivity index (χ2n) is 3.61. The van der Waals surface area contributed by atoms with Gasteiger partial charge in [-0.3, -0.25) is 4.79 Å². The number of thioether (sulfide) groups is 1. The van der Waals surface area contributed by atoms with Crippen LogP contribution in [-0.4, -0.2) is 30.2 Å². The fraction of sp³-hybridized carbons (Fsp3) is 0.462. The maximum atomic E-state index is 12.1.